The lowest BCUT2D eigenvalue weighted by atomic mass is 9.84. The lowest BCUT2D eigenvalue weighted by Gasteiger charge is -2.19. The minimum atomic E-state index is 1.09. The molecule has 0 aliphatic heterocycles. The Morgan fingerprint density at radius 3 is 1.32 bits per heavy atom. The van der Waals surface area contributed by atoms with Gasteiger partial charge in [0, 0.05) is 4.47 Å². The molecule has 0 amide bonds. The molecule has 0 aliphatic rings. The standard InChI is InChI=1S/C40H25Br/c41-34-20-17-28(18-21-34)31-19-22-37-38(25-31)40(33-16-14-27-8-2-4-10-30(27)24-33)36-12-6-5-11-35(36)39(37)32-15-13-26-7-1-3-9-29(26)23-32/h1-25H. The molecule has 1 heteroatoms. The van der Waals surface area contributed by atoms with Crippen LogP contribution in [0.3, 0.4) is 0 Å². The summed E-state index contributed by atoms with van der Waals surface area (Å²) in [6.45, 7) is 0. The van der Waals surface area contributed by atoms with Gasteiger partial charge in [-0.2, -0.15) is 0 Å². The molecular formula is C40H25Br. The van der Waals surface area contributed by atoms with Crippen LogP contribution in [-0.4, -0.2) is 0 Å². The van der Waals surface area contributed by atoms with Gasteiger partial charge in [0.15, 0.2) is 0 Å². The number of fused-ring (bicyclic) bond motifs is 4. The summed E-state index contributed by atoms with van der Waals surface area (Å²) >= 11 is 3.60. The van der Waals surface area contributed by atoms with E-state index in [1.807, 2.05) is 0 Å². The molecule has 8 aromatic carbocycles. The van der Waals surface area contributed by atoms with Crippen molar-refractivity contribution in [2.24, 2.45) is 0 Å². The molecule has 0 aromatic heterocycles. The molecule has 0 bridgehead atoms. The highest BCUT2D eigenvalue weighted by Gasteiger charge is 2.18. The Morgan fingerprint density at radius 1 is 0.293 bits per heavy atom. The first kappa shape index (κ1) is 24.1. The molecule has 192 valence electrons. The molecule has 8 aromatic rings. The fourth-order valence-corrected chi connectivity index (χ4v) is 6.58. The molecule has 0 heterocycles. The van der Waals surface area contributed by atoms with Gasteiger partial charge in [-0.1, -0.05) is 137 Å². The number of benzene rings is 8. The van der Waals surface area contributed by atoms with E-state index in [1.165, 1.54) is 76.5 Å². The highest BCUT2D eigenvalue weighted by Crippen LogP contribution is 2.45. The van der Waals surface area contributed by atoms with Gasteiger partial charge >= 0.3 is 0 Å². The van der Waals surface area contributed by atoms with Crippen molar-refractivity contribution in [2.75, 3.05) is 0 Å². The maximum Gasteiger partial charge on any atom is 0.0175 e. The summed E-state index contributed by atoms with van der Waals surface area (Å²) in [5.74, 6) is 0. The molecule has 0 atom stereocenters. The Morgan fingerprint density at radius 2 is 0.732 bits per heavy atom. The van der Waals surface area contributed by atoms with Gasteiger partial charge in [-0.3, -0.25) is 0 Å². The largest absolute Gasteiger partial charge is 0.0616 e. The van der Waals surface area contributed by atoms with Crippen LogP contribution in [0.15, 0.2) is 156 Å². The summed E-state index contributed by atoms with van der Waals surface area (Å²) in [5, 5.41) is 10.1. The van der Waals surface area contributed by atoms with Crippen molar-refractivity contribution in [3.8, 4) is 33.4 Å². The lowest BCUT2D eigenvalue weighted by Crippen LogP contribution is -1.92. The van der Waals surface area contributed by atoms with Gasteiger partial charge in [-0.05, 0) is 107 Å². The first-order chi connectivity index (χ1) is 20.2. The molecule has 0 nitrogen and oxygen atoms in total. The van der Waals surface area contributed by atoms with Crippen molar-refractivity contribution >= 4 is 59.0 Å². The molecule has 8 rings (SSSR count). The van der Waals surface area contributed by atoms with Gasteiger partial charge in [0.1, 0.15) is 0 Å². The second kappa shape index (κ2) is 9.73. The van der Waals surface area contributed by atoms with Gasteiger partial charge in [-0.15, -0.1) is 0 Å². The lowest BCUT2D eigenvalue weighted by molar-refractivity contribution is 1.61. The number of hydrogen-bond donors (Lipinski definition) is 0. The van der Waals surface area contributed by atoms with Crippen molar-refractivity contribution < 1.29 is 0 Å². The average molecular weight is 586 g/mol. The Bertz CT molecular complexity index is 2260. The first-order valence-corrected chi connectivity index (χ1v) is 14.7. The van der Waals surface area contributed by atoms with E-state index in [9.17, 15) is 0 Å². The van der Waals surface area contributed by atoms with E-state index < -0.39 is 0 Å². The van der Waals surface area contributed by atoms with Crippen molar-refractivity contribution in [1.29, 1.82) is 0 Å². The normalized spacial score (nSPS) is 11.5. The molecule has 0 spiro atoms. The van der Waals surface area contributed by atoms with E-state index in [2.05, 4.69) is 168 Å². The summed E-state index contributed by atoms with van der Waals surface area (Å²) in [6, 6.07) is 55.5. The van der Waals surface area contributed by atoms with Crippen LogP contribution in [-0.2, 0) is 0 Å². The van der Waals surface area contributed by atoms with Crippen molar-refractivity contribution in [1.82, 2.24) is 0 Å². The SMILES string of the molecule is Brc1ccc(-c2ccc3c(-c4ccc5ccccc5c4)c4ccccc4c(-c4ccc5ccccc5c4)c3c2)cc1. The van der Waals surface area contributed by atoms with Crippen molar-refractivity contribution in [3.63, 3.8) is 0 Å². The zero-order chi connectivity index (χ0) is 27.3. The predicted molar refractivity (Wildman–Crippen MR) is 180 cm³/mol. The number of hydrogen-bond acceptors (Lipinski definition) is 0. The summed E-state index contributed by atoms with van der Waals surface area (Å²) < 4.78 is 1.09. The first-order valence-electron chi connectivity index (χ1n) is 14.0. The zero-order valence-electron chi connectivity index (χ0n) is 22.3. The fourth-order valence-electron chi connectivity index (χ4n) is 6.31. The number of halogens is 1. The molecule has 0 unspecified atom stereocenters. The van der Waals surface area contributed by atoms with Crippen LogP contribution in [0.1, 0.15) is 0 Å². The van der Waals surface area contributed by atoms with Crippen LogP contribution in [0.25, 0.3) is 76.5 Å². The van der Waals surface area contributed by atoms with E-state index in [0.29, 0.717) is 0 Å². The summed E-state index contributed by atoms with van der Waals surface area (Å²) in [6.07, 6.45) is 0. The Balaban J connectivity index is 1.50. The molecule has 0 saturated heterocycles. The molecule has 0 fully saturated rings. The molecule has 0 N–H and O–H groups in total. The van der Waals surface area contributed by atoms with Gasteiger partial charge in [0.2, 0.25) is 0 Å². The molecule has 0 radical (unpaired) electrons. The van der Waals surface area contributed by atoms with Crippen molar-refractivity contribution in [2.45, 2.75) is 0 Å². The molecular weight excluding hydrogens is 560 g/mol. The highest BCUT2D eigenvalue weighted by molar-refractivity contribution is 9.10. The topological polar surface area (TPSA) is 0 Å². The quantitative estimate of drug-likeness (QED) is 0.181. The van der Waals surface area contributed by atoms with Gasteiger partial charge in [0.25, 0.3) is 0 Å². The maximum absolute atomic E-state index is 3.60. The Kier molecular flexibility index (Phi) is 5.72. The monoisotopic (exact) mass is 584 g/mol. The third kappa shape index (κ3) is 4.13. The average Bonchev–Trinajstić information content (AvgIpc) is 3.03. The Hall–Kier alpha value is -4.72. The third-order valence-electron chi connectivity index (χ3n) is 8.28. The van der Waals surface area contributed by atoms with Crippen LogP contribution in [0.2, 0.25) is 0 Å². The van der Waals surface area contributed by atoms with E-state index in [-0.39, 0.29) is 0 Å². The third-order valence-corrected chi connectivity index (χ3v) is 8.81. The van der Waals surface area contributed by atoms with Crippen molar-refractivity contribution in [3.05, 3.63) is 156 Å². The Labute approximate surface area is 247 Å². The fraction of sp³-hybridized carbons (Fsp3) is 0. The zero-order valence-corrected chi connectivity index (χ0v) is 23.9. The van der Waals surface area contributed by atoms with Crippen LogP contribution in [0.4, 0.5) is 0 Å². The van der Waals surface area contributed by atoms with E-state index >= 15 is 0 Å². The van der Waals surface area contributed by atoms with Crippen LogP contribution in [0.5, 0.6) is 0 Å². The van der Waals surface area contributed by atoms with Crippen LogP contribution < -0.4 is 0 Å². The predicted octanol–water partition coefficient (Wildman–Crippen LogP) is 12.1. The smallest absolute Gasteiger partial charge is 0.0175 e. The minimum Gasteiger partial charge on any atom is -0.0616 e. The van der Waals surface area contributed by atoms with Gasteiger partial charge in [0.05, 0.1) is 0 Å². The highest BCUT2D eigenvalue weighted by atomic mass is 79.9. The van der Waals surface area contributed by atoms with E-state index in [4.69, 9.17) is 0 Å². The van der Waals surface area contributed by atoms with Crippen LogP contribution >= 0.6 is 15.9 Å². The molecule has 41 heavy (non-hydrogen) atoms. The van der Waals surface area contributed by atoms with Gasteiger partial charge < -0.3 is 0 Å². The van der Waals surface area contributed by atoms with Gasteiger partial charge in [-0.25, -0.2) is 0 Å². The maximum atomic E-state index is 3.60. The van der Waals surface area contributed by atoms with E-state index in [1.54, 1.807) is 0 Å². The summed E-state index contributed by atoms with van der Waals surface area (Å²) in [4.78, 5) is 0. The summed E-state index contributed by atoms with van der Waals surface area (Å²) in [7, 11) is 0. The molecule has 0 saturated carbocycles. The molecule has 0 aliphatic carbocycles. The summed E-state index contributed by atoms with van der Waals surface area (Å²) in [5.41, 5.74) is 7.47. The van der Waals surface area contributed by atoms with E-state index in [0.717, 1.165) is 4.47 Å². The second-order valence-electron chi connectivity index (χ2n) is 10.7. The van der Waals surface area contributed by atoms with Crippen LogP contribution in [0, 0.1) is 0 Å². The minimum absolute atomic E-state index is 1.09. The second-order valence-corrected chi connectivity index (χ2v) is 11.6. The number of rotatable bonds is 3.